The van der Waals surface area contributed by atoms with E-state index in [2.05, 4.69) is 10.3 Å². The molecule has 1 aromatic heterocycles. The molecule has 0 bridgehead atoms. The summed E-state index contributed by atoms with van der Waals surface area (Å²) in [4.78, 5) is 14.6. The number of hydrogen-bond donors (Lipinski definition) is 1. The molecule has 0 aliphatic rings. The summed E-state index contributed by atoms with van der Waals surface area (Å²) >= 11 is 6.01. The largest absolute Gasteiger partial charge is 0.439 e. The number of halogens is 1. The Kier molecular flexibility index (Phi) is 4.13. The van der Waals surface area contributed by atoms with Crippen molar-refractivity contribution in [2.45, 2.75) is 13.5 Å². The maximum Gasteiger partial charge on any atom is 0.281 e. The maximum atomic E-state index is 11.0. The van der Waals surface area contributed by atoms with Crippen LogP contribution in [0.25, 0.3) is 11.3 Å². The third kappa shape index (κ3) is 2.91. The van der Waals surface area contributed by atoms with Crippen molar-refractivity contribution < 1.29 is 9.34 Å². The van der Waals surface area contributed by atoms with Crippen molar-refractivity contribution in [2.75, 3.05) is 6.54 Å². The first-order valence-electron chi connectivity index (χ1n) is 5.72. The Morgan fingerprint density at radius 3 is 3.00 bits per heavy atom. The second kappa shape index (κ2) is 5.81. The van der Waals surface area contributed by atoms with E-state index in [1.54, 1.807) is 6.07 Å². The van der Waals surface area contributed by atoms with Crippen LogP contribution in [0.2, 0.25) is 5.02 Å². The Morgan fingerprint density at radius 1 is 1.53 bits per heavy atom. The molecule has 0 aliphatic heterocycles. The quantitative estimate of drug-likeness (QED) is 0.673. The van der Waals surface area contributed by atoms with Crippen LogP contribution in [-0.2, 0) is 6.54 Å². The highest BCUT2D eigenvalue weighted by atomic mass is 35.5. The number of nitro benzene ring substituents is 1. The van der Waals surface area contributed by atoms with E-state index in [0.717, 1.165) is 6.54 Å². The topological polar surface area (TPSA) is 81.2 Å². The highest BCUT2D eigenvalue weighted by molar-refractivity contribution is 6.33. The monoisotopic (exact) mass is 281 g/mol. The number of aromatic nitrogens is 1. The molecule has 0 fully saturated rings. The van der Waals surface area contributed by atoms with Crippen molar-refractivity contribution >= 4 is 17.3 Å². The lowest BCUT2D eigenvalue weighted by Gasteiger charge is -2.01. The molecule has 2 rings (SSSR count). The highest BCUT2D eigenvalue weighted by Gasteiger charge is 2.21. The van der Waals surface area contributed by atoms with Crippen molar-refractivity contribution in [1.82, 2.24) is 10.3 Å². The maximum absolute atomic E-state index is 11.0. The number of nitro groups is 1. The summed E-state index contributed by atoms with van der Waals surface area (Å²) in [6, 6.07) is 4.49. The predicted octanol–water partition coefficient (Wildman–Crippen LogP) is 3.01. The van der Waals surface area contributed by atoms with Gasteiger partial charge < -0.3 is 9.73 Å². The third-order valence-corrected chi connectivity index (χ3v) is 2.83. The Balaban J connectivity index is 2.41. The third-order valence-electron chi connectivity index (χ3n) is 2.51. The van der Waals surface area contributed by atoms with E-state index in [4.69, 9.17) is 16.0 Å². The van der Waals surface area contributed by atoms with E-state index < -0.39 is 4.92 Å². The van der Waals surface area contributed by atoms with Gasteiger partial charge in [0.25, 0.3) is 5.69 Å². The number of oxazole rings is 1. The molecular weight excluding hydrogens is 270 g/mol. The predicted molar refractivity (Wildman–Crippen MR) is 71.0 cm³/mol. The van der Waals surface area contributed by atoms with Gasteiger partial charge in [-0.15, -0.1) is 0 Å². The molecule has 1 aromatic carbocycles. The van der Waals surface area contributed by atoms with Gasteiger partial charge in [0.1, 0.15) is 5.56 Å². The Hall–Kier alpha value is -1.92. The van der Waals surface area contributed by atoms with Crippen molar-refractivity contribution in [3.8, 4) is 11.3 Å². The molecule has 0 saturated carbocycles. The van der Waals surface area contributed by atoms with Crippen LogP contribution in [0.4, 0.5) is 5.69 Å². The van der Waals surface area contributed by atoms with Gasteiger partial charge in [0.15, 0.2) is 5.76 Å². The number of benzene rings is 1. The van der Waals surface area contributed by atoms with Gasteiger partial charge in [-0.1, -0.05) is 24.6 Å². The van der Waals surface area contributed by atoms with Crippen LogP contribution < -0.4 is 5.32 Å². The van der Waals surface area contributed by atoms with E-state index >= 15 is 0 Å². The Morgan fingerprint density at radius 2 is 2.32 bits per heavy atom. The normalized spacial score (nSPS) is 10.6. The molecular formula is C12H12ClN3O3. The zero-order valence-corrected chi connectivity index (χ0v) is 11.0. The average Bonchev–Trinajstić information content (AvgIpc) is 2.84. The van der Waals surface area contributed by atoms with Gasteiger partial charge in [-0.05, 0) is 12.6 Å². The number of nitrogens with one attached hydrogen (secondary N) is 1. The molecule has 0 unspecified atom stereocenters. The Bertz CT molecular complexity index is 598. The first kappa shape index (κ1) is 13.5. The van der Waals surface area contributed by atoms with Crippen LogP contribution in [0.3, 0.4) is 0 Å². The van der Waals surface area contributed by atoms with Gasteiger partial charge in [-0.2, -0.15) is 0 Å². The number of nitrogens with zero attached hydrogens (tertiary/aromatic N) is 2. The molecule has 100 valence electrons. The summed E-state index contributed by atoms with van der Waals surface area (Å²) in [5.74, 6) is 0.760. The minimum Gasteiger partial charge on any atom is -0.439 e. The van der Waals surface area contributed by atoms with E-state index in [0.29, 0.717) is 18.2 Å². The second-order valence-electron chi connectivity index (χ2n) is 3.79. The smallest absolute Gasteiger partial charge is 0.281 e. The molecule has 1 heterocycles. The van der Waals surface area contributed by atoms with E-state index in [-0.39, 0.29) is 16.3 Å². The fraction of sp³-hybridized carbons (Fsp3) is 0.250. The van der Waals surface area contributed by atoms with Gasteiger partial charge in [-0.25, -0.2) is 4.98 Å². The molecule has 6 nitrogen and oxygen atoms in total. The second-order valence-corrected chi connectivity index (χ2v) is 4.20. The van der Waals surface area contributed by atoms with Crippen LogP contribution >= 0.6 is 11.6 Å². The van der Waals surface area contributed by atoms with Crippen LogP contribution in [0, 0.1) is 10.1 Å². The molecule has 0 amide bonds. The molecule has 1 N–H and O–H groups in total. The molecule has 0 spiro atoms. The summed E-state index contributed by atoms with van der Waals surface area (Å²) in [5.41, 5.74) is 0.156. The fourth-order valence-electron chi connectivity index (χ4n) is 1.65. The first-order valence-corrected chi connectivity index (χ1v) is 6.10. The SMILES string of the molecule is CCNCc1ncc(-c2c(Cl)cccc2[N+](=O)[O-])o1. The van der Waals surface area contributed by atoms with Crippen molar-refractivity contribution in [3.05, 3.63) is 45.4 Å². The standard InChI is InChI=1S/C12H12ClN3O3/c1-2-14-7-11-15-6-10(19-11)12-8(13)4-3-5-9(12)16(17)18/h3-6,14H,2,7H2,1H3. The van der Waals surface area contributed by atoms with E-state index in [9.17, 15) is 10.1 Å². The summed E-state index contributed by atoms with van der Waals surface area (Å²) < 4.78 is 5.48. The van der Waals surface area contributed by atoms with Crippen LogP contribution in [0.5, 0.6) is 0 Å². The summed E-state index contributed by atoms with van der Waals surface area (Å²) in [7, 11) is 0. The van der Waals surface area contributed by atoms with E-state index in [1.807, 2.05) is 6.92 Å². The zero-order chi connectivity index (χ0) is 13.8. The molecule has 0 aliphatic carbocycles. The van der Waals surface area contributed by atoms with Gasteiger partial charge in [0, 0.05) is 6.07 Å². The average molecular weight is 282 g/mol. The lowest BCUT2D eigenvalue weighted by Crippen LogP contribution is -2.11. The molecule has 7 heteroatoms. The molecule has 0 saturated heterocycles. The summed E-state index contributed by atoms with van der Waals surface area (Å²) in [6.07, 6.45) is 1.45. The minimum absolute atomic E-state index is 0.0985. The number of hydrogen-bond acceptors (Lipinski definition) is 5. The van der Waals surface area contributed by atoms with Crippen LogP contribution in [0.15, 0.2) is 28.8 Å². The van der Waals surface area contributed by atoms with Gasteiger partial charge in [-0.3, -0.25) is 10.1 Å². The lowest BCUT2D eigenvalue weighted by molar-refractivity contribution is -0.384. The number of rotatable bonds is 5. The fourth-order valence-corrected chi connectivity index (χ4v) is 1.91. The lowest BCUT2D eigenvalue weighted by atomic mass is 10.1. The van der Waals surface area contributed by atoms with Crippen LogP contribution in [-0.4, -0.2) is 16.5 Å². The van der Waals surface area contributed by atoms with Gasteiger partial charge in [0.2, 0.25) is 5.89 Å². The Labute approximate surface area is 114 Å². The van der Waals surface area contributed by atoms with E-state index in [1.165, 1.54) is 18.3 Å². The van der Waals surface area contributed by atoms with Gasteiger partial charge in [0.05, 0.1) is 22.7 Å². The van der Waals surface area contributed by atoms with Crippen LogP contribution in [0.1, 0.15) is 12.8 Å². The van der Waals surface area contributed by atoms with Gasteiger partial charge >= 0.3 is 0 Å². The molecule has 0 radical (unpaired) electrons. The first-order chi connectivity index (χ1) is 9.13. The molecule has 19 heavy (non-hydrogen) atoms. The van der Waals surface area contributed by atoms with Crippen molar-refractivity contribution in [2.24, 2.45) is 0 Å². The molecule has 2 aromatic rings. The highest BCUT2D eigenvalue weighted by Crippen LogP contribution is 2.36. The molecule has 0 atom stereocenters. The minimum atomic E-state index is -0.492. The zero-order valence-electron chi connectivity index (χ0n) is 10.2. The van der Waals surface area contributed by atoms with Crippen molar-refractivity contribution in [1.29, 1.82) is 0 Å². The summed E-state index contributed by atoms with van der Waals surface area (Å²) in [6.45, 7) is 3.21. The summed E-state index contributed by atoms with van der Waals surface area (Å²) in [5, 5.41) is 14.3. The van der Waals surface area contributed by atoms with Crippen molar-refractivity contribution in [3.63, 3.8) is 0 Å².